The number of ketones is 1. The first kappa shape index (κ1) is 11.1. The maximum absolute atomic E-state index is 12.0. The molecule has 0 spiro atoms. The van der Waals surface area contributed by atoms with Crippen LogP contribution in [0.15, 0.2) is 29.3 Å². The smallest absolute Gasteiger partial charge is 0.191 e. The number of hydrogen-bond acceptors (Lipinski definition) is 5. The van der Waals surface area contributed by atoms with Crippen molar-refractivity contribution in [1.82, 2.24) is 14.9 Å². The molecule has 1 aromatic rings. The van der Waals surface area contributed by atoms with Gasteiger partial charge in [-0.3, -0.25) is 9.79 Å². The van der Waals surface area contributed by atoms with Crippen molar-refractivity contribution in [3.05, 3.63) is 35.6 Å². The molecule has 0 N–H and O–H groups in total. The Morgan fingerprint density at radius 1 is 1.44 bits per heavy atom. The summed E-state index contributed by atoms with van der Waals surface area (Å²) >= 11 is 0. The van der Waals surface area contributed by atoms with Gasteiger partial charge in [0.25, 0.3) is 0 Å². The van der Waals surface area contributed by atoms with Gasteiger partial charge in [0.15, 0.2) is 5.78 Å². The Hall–Kier alpha value is -2.04. The number of carbonyl (C=O) groups is 1. The first-order valence-electron chi connectivity index (χ1n) is 6.13. The van der Waals surface area contributed by atoms with Crippen molar-refractivity contribution in [2.24, 2.45) is 4.99 Å². The Kier molecular flexibility index (Phi) is 2.47. The van der Waals surface area contributed by atoms with E-state index in [2.05, 4.69) is 26.8 Å². The van der Waals surface area contributed by atoms with E-state index < -0.39 is 0 Å². The van der Waals surface area contributed by atoms with Gasteiger partial charge in [-0.15, -0.1) is 0 Å². The summed E-state index contributed by atoms with van der Waals surface area (Å²) in [5.74, 6) is -0.0326. The molecular weight excluding hydrogens is 228 g/mol. The Bertz CT molecular complexity index is 576. The predicted octanol–water partition coefficient (Wildman–Crippen LogP) is 1.42. The number of nitrogens with zero attached hydrogens (tertiary/aromatic N) is 4. The van der Waals surface area contributed by atoms with Crippen molar-refractivity contribution < 1.29 is 4.79 Å². The molecule has 0 aromatic carbocycles. The normalized spacial score (nSPS) is 21.3. The van der Waals surface area contributed by atoms with E-state index in [1.807, 2.05) is 6.92 Å². The van der Waals surface area contributed by atoms with Crippen LogP contribution in [-0.4, -0.2) is 39.1 Å². The zero-order valence-corrected chi connectivity index (χ0v) is 10.4. The number of aromatic nitrogens is 2. The molecule has 1 aliphatic carbocycles. The molecule has 0 saturated carbocycles. The highest BCUT2D eigenvalue weighted by Crippen LogP contribution is 2.29. The van der Waals surface area contributed by atoms with E-state index in [9.17, 15) is 4.79 Å². The minimum atomic E-state index is -0.0326. The lowest BCUT2D eigenvalue weighted by Gasteiger charge is -2.25. The van der Waals surface area contributed by atoms with Crippen LogP contribution in [0.2, 0.25) is 0 Å². The summed E-state index contributed by atoms with van der Waals surface area (Å²) in [4.78, 5) is 26.9. The minimum Gasteiger partial charge on any atom is -0.348 e. The highest BCUT2D eigenvalue weighted by molar-refractivity contribution is 6.25. The first-order chi connectivity index (χ1) is 8.72. The van der Waals surface area contributed by atoms with Crippen LogP contribution in [0.4, 0.5) is 0 Å². The summed E-state index contributed by atoms with van der Waals surface area (Å²) in [5, 5.41) is 0. The molecule has 1 atom stereocenters. The van der Waals surface area contributed by atoms with Crippen LogP contribution in [0.25, 0.3) is 0 Å². The van der Waals surface area contributed by atoms with Gasteiger partial charge in [-0.1, -0.05) is 6.92 Å². The predicted molar refractivity (Wildman–Crippen MR) is 67.4 cm³/mol. The van der Waals surface area contributed by atoms with Gasteiger partial charge >= 0.3 is 0 Å². The van der Waals surface area contributed by atoms with Gasteiger partial charge in [0, 0.05) is 18.8 Å². The Morgan fingerprint density at radius 2 is 2.28 bits per heavy atom. The largest absolute Gasteiger partial charge is 0.348 e. The van der Waals surface area contributed by atoms with E-state index >= 15 is 0 Å². The molecule has 0 radical (unpaired) electrons. The topological polar surface area (TPSA) is 58.5 Å². The van der Waals surface area contributed by atoms with Crippen molar-refractivity contribution in [3.8, 4) is 0 Å². The Labute approximate surface area is 105 Å². The van der Waals surface area contributed by atoms with Gasteiger partial charge in [-0.25, -0.2) is 9.97 Å². The van der Waals surface area contributed by atoms with E-state index in [0.717, 1.165) is 24.4 Å². The summed E-state index contributed by atoms with van der Waals surface area (Å²) in [7, 11) is 0. The second-order valence-electron chi connectivity index (χ2n) is 4.48. The molecule has 18 heavy (non-hydrogen) atoms. The van der Waals surface area contributed by atoms with Crippen LogP contribution >= 0.6 is 0 Å². The number of hydrogen-bond donors (Lipinski definition) is 0. The molecule has 1 aromatic heterocycles. The fourth-order valence-corrected chi connectivity index (χ4v) is 2.44. The lowest BCUT2D eigenvalue weighted by molar-refractivity contribution is 0.104. The van der Waals surface area contributed by atoms with Crippen molar-refractivity contribution in [2.45, 2.75) is 26.4 Å². The number of aliphatic imine (C=N–C) groups is 1. The minimum absolute atomic E-state index is 0.0326. The average Bonchev–Trinajstić information content (AvgIpc) is 2.68. The average molecular weight is 242 g/mol. The number of allylic oxidation sites excluding steroid dienone is 2. The number of fused-ring (bicyclic) bond motifs is 3. The molecule has 0 fully saturated rings. The molecule has 0 amide bonds. The monoisotopic (exact) mass is 242 g/mol. The SMILES string of the molecule is CCCN1C2=CC(=O)c3cncnc3C2=NC1C. The van der Waals surface area contributed by atoms with Crippen LogP contribution in [0.1, 0.15) is 36.3 Å². The van der Waals surface area contributed by atoms with Gasteiger partial charge in [-0.05, 0) is 13.3 Å². The molecule has 3 rings (SSSR count). The Balaban J connectivity index is 2.12. The molecule has 5 heteroatoms. The molecule has 92 valence electrons. The van der Waals surface area contributed by atoms with Gasteiger partial charge in [-0.2, -0.15) is 0 Å². The zero-order chi connectivity index (χ0) is 12.7. The molecule has 1 aliphatic heterocycles. The first-order valence-corrected chi connectivity index (χ1v) is 6.13. The standard InChI is InChI=1S/C13H14N4O/c1-3-4-17-8(2)16-13-10(17)5-11(18)9-6-14-7-15-12(9)13/h5-8H,3-4H2,1-2H3. The number of rotatable bonds is 2. The quantitative estimate of drug-likeness (QED) is 0.787. The van der Waals surface area contributed by atoms with Crippen molar-refractivity contribution >= 4 is 11.5 Å². The summed E-state index contributed by atoms with van der Waals surface area (Å²) in [6.07, 6.45) is 5.78. The van der Waals surface area contributed by atoms with Crippen LogP contribution in [0.5, 0.6) is 0 Å². The maximum Gasteiger partial charge on any atom is 0.191 e. The van der Waals surface area contributed by atoms with E-state index in [0.29, 0.717) is 11.3 Å². The molecule has 2 aliphatic rings. The van der Waals surface area contributed by atoms with Crippen LogP contribution in [-0.2, 0) is 0 Å². The summed E-state index contributed by atoms with van der Waals surface area (Å²) in [5.41, 5.74) is 2.94. The summed E-state index contributed by atoms with van der Waals surface area (Å²) in [6, 6.07) is 0. The van der Waals surface area contributed by atoms with E-state index in [1.165, 1.54) is 6.33 Å². The van der Waals surface area contributed by atoms with E-state index in [-0.39, 0.29) is 11.9 Å². The molecular formula is C13H14N4O. The molecule has 0 bridgehead atoms. The van der Waals surface area contributed by atoms with Crippen molar-refractivity contribution in [1.29, 1.82) is 0 Å². The highest BCUT2D eigenvalue weighted by atomic mass is 16.1. The third-order valence-corrected chi connectivity index (χ3v) is 3.25. The lowest BCUT2D eigenvalue weighted by Crippen LogP contribution is -2.31. The lowest BCUT2D eigenvalue weighted by atomic mass is 9.98. The molecule has 5 nitrogen and oxygen atoms in total. The van der Waals surface area contributed by atoms with Gasteiger partial charge < -0.3 is 4.90 Å². The third kappa shape index (κ3) is 1.47. The van der Waals surface area contributed by atoms with Crippen LogP contribution < -0.4 is 0 Å². The van der Waals surface area contributed by atoms with E-state index in [4.69, 9.17) is 0 Å². The maximum atomic E-state index is 12.0. The zero-order valence-electron chi connectivity index (χ0n) is 10.4. The summed E-state index contributed by atoms with van der Waals surface area (Å²) < 4.78 is 0. The fourth-order valence-electron chi connectivity index (χ4n) is 2.44. The van der Waals surface area contributed by atoms with Crippen LogP contribution in [0.3, 0.4) is 0 Å². The highest BCUT2D eigenvalue weighted by Gasteiger charge is 2.34. The Morgan fingerprint density at radius 3 is 3.06 bits per heavy atom. The van der Waals surface area contributed by atoms with Gasteiger partial charge in [0.2, 0.25) is 0 Å². The second-order valence-corrected chi connectivity index (χ2v) is 4.48. The summed E-state index contributed by atoms with van der Waals surface area (Å²) in [6.45, 7) is 5.05. The number of carbonyl (C=O) groups excluding carboxylic acids is 1. The van der Waals surface area contributed by atoms with E-state index in [1.54, 1.807) is 12.3 Å². The van der Waals surface area contributed by atoms with Crippen molar-refractivity contribution in [2.75, 3.05) is 6.54 Å². The third-order valence-electron chi connectivity index (χ3n) is 3.25. The molecule has 2 heterocycles. The van der Waals surface area contributed by atoms with Gasteiger partial charge in [0.1, 0.15) is 23.9 Å². The van der Waals surface area contributed by atoms with Crippen molar-refractivity contribution in [3.63, 3.8) is 0 Å². The fraction of sp³-hybridized carbons (Fsp3) is 0.385. The van der Waals surface area contributed by atoms with Gasteiger partial charge in [0.05, 0.1) is 11.3 Å². The van der Waals surface area contributed by atoms with Crippen LogP contribution in [0, 0.1) is 0 Å². The molecule has 1 unspecified atom stereocenters. The molecule has 0 saturated heterocycles. The second kappa shape index (κ2) is 4.01.